The Balaban J connectivity index is 0.000000132. The number of carboxylic acid groups (broad SMARTS) is 2. The highest BCUT2D eigenvalue weighted by molar-refractivity contribution is 6.29. The maximum atomic E-state index is 10.5. The Hall–Kier alpha value is -3.66. The lowest BCUT2D eigenvalue weighted by Gasteiger charge is -1.98. The molecule has 0 fully saturated rings. The van der Waals surface area contributed by atoms with Crippen LogP contribution in [0, 0.1) is 0 Å². The molecular weight excluding hydrogens is 328 g/mol. The first kappa shape index (κ1) is 15.8. The minimum atomic E-state index is -1.23. The monoisotopic (exact) mass is 342 g/mol. The van der Waals surface area contributed by atoms with Crippen LogP contribution in [0.3, 0.4) is 0 Å². The maximum Gasteiger partial charge on any atom is 0.336 e. The van der Waals surface area contributed by atoms with Crippen LogP contribution in [0.5, 0.6) is 0 Å². The van der Waals surface area contributed by atoms with E-state index in [9.17, 15) is 9.59 Å². The van der Waals surface area contributed by atoms with E-state index < -0.39 is 11.9 Å². The van der Waals surface area contributed by atoms with E-state index in [0.29, 0.717) is 0 Å². The van der Waals surface area contributed by atoms with Crippen LogP contribution in [-0.4, -0.2) is 22.2 Å². The van der Waals surface area contributed by atoms with Gasteiger partial charge in [-0.1, -0.05) is 54.6 Å². The first-order valence-electron chi connectivity index (χ1n) is 8.08. The first-order valence-corrected chi connectivity index (χ1v) is 8.08. The Morgan fingerprint density at radius 1 is 0.654 bits per heavy atom. The molecule has 5 rings (SSSR count). The highest BCUT2D eigenvalue weighted by Gasteiger charge is 2.23. The highest BCUT2D eigenvalue weighted by atomic mass is 16.4. The van der Waals surface area contributed by atoms with Crippen molar-refractivity contribution in [2.75, 3.05) is 0 Å². The molecule has 0 aliphatic heterocycles. The lowest BCUT2D eigenvalue weighted by Crippen LogP contribution is -2.06. The lowest BCUT2D eigenvalue weighted by molar-refractivity contribution is 0.0651. The predicted octanol–water partition coefficient (Wildman–Crippen LogP) is 5.06. The molecule has 0 atom stereocenters. The molecule has 26 heavy (non-hydrogen) atoms. The topological polar surface area (TPSA) is 74.6 Å². The van der Waals surface area contributed by atoms with E-state index in [1.54, 1.807) is 0 Å². The summed E-state index contributed by atoms with van der Waals surface area (Å²) >= 11 is 0. The third kappa shape index (κ3) is 2.58. The summed E-state index contributed by atoms with van der Waals surface area (Å²) in [5, 5.41) is 22.7. The first-order chi connectivity index (χ1) is 12.6. The van der Waals surface area contributed by atoms with E-state index in [1.165, 1.54) is 56.9 Å². The van der Waals surface area contributed by atoms with Crippen molar-refractivity contribution in [1.82, 2.24) is 0 Å². The average Bonchev–Trinajstić information content (AvgIpc) is 3.39. The van der Waals surface area contributed by atoms with E-state index in [2.05, 4.69) is 48.5 Å². The molecule has 4 nitrogen and oxygen atoms in total. The van der Waals surface area contributed by atoms with Gasteiger partial charge in [0.1, 0.15) is 0 Å². The summed E-state index contributed by atoms with van der Waals surface area (Å²) in [5.41, 5.74) is 2.54. The number of carbonyl (C=O) groups is 2. The fourth-order valence-corrected chi connectivity index (χ4v) is 3.27. The van der Waals surface area contributed by atoms with Crippen molar-refractivity contribution < 1.29 is 19.8 Å². The van der Waals surface area contributed by atoms with Crippen LogP contribution in [0.15, 0.2) is 72.8 Å². The van der Waals surface area contributed by atoms with Crippen LogP contribution in [0.1, 0.15) is 20.7 Å². The summed E-state index contributed by atoms with van der Waals surface area (Å²) in [6.45, 7) is 0. The molecular formula is C22H14O4. The quantitative estimate of drug-likeness (QED) is 0.440. The average molecular weight is 342 g/mol. The minimum absolute atomic E-state index is 0.190. The molecule has 4 aromatic rings. The molecule has 4 aromatic carbocycles. The number of aromatic carboxylic acids is 2. The van der Waals surface area contributed by atoms with Crippen molar-refractivity contribution in [3.8, 4) is 11.1 Å². The van der Waals surface area contributed by atoms with Crippen LogP contribution in [-0.2, 0) is 0 Å². The number of rotatable bonds is 2. The number of hydrogen-bond donors (Lipinski definition) is 2. The second-order valence-electron chi connectivity index (χ2n) is 6.03. The molecule has 0 saturated carbocycles. The molecule has 0 radical (unpaired) electrons. The van der Waals surface area contributed by atoms with Crippen molar-refractivity contribution in [2.45, 2.75) is 0 Å². The largest absolute Gasteiger partial charge is 0.478 e. The van der Waals surface area contributed by atoms with Gasteiger partial charge >= 0.3 is 11.9 Å². The van der Waals surface area contributed by atoms with Crippen molar-refractivity contribution in [3.63, 3.8) is 0 Å². The number of benzene rings is 4. The van der Waals surface area contributed by atoms with Gasteiger partial charge in [0, 0.05) is 0 Å². The van der Waals surface area contributed by atoms with Crippen molar-refractivity contribution in [2.24, 2.45) is 0 Å². The van der Waals surface area contributed by atoms with Gasteiger partial charge in [0.05, 0.1) is 11.1 Å². The Bertz CT molecular complexity index is 1160. The standard InChI is InChI=1S/C14H8.C8H6O4/c1-2-6-11-9(4-1)8-10-5-3-7-12-13(10)14(11)12;9-7(10)5-3-1-2-4-6(5)8(11)12/h1-8H;1-4H,(H,9,10)(H,11,12). The fourth-order valence-electron chi connectivity index (χ4n) is 3.27. The molecule has 0 aromatic heterocycles. The van der Waals surface area contributed by atoms with Crippen molar-refractivity contribution in [1.29, 1.82) is 0 Å². The zero-order chi connectivity index (χ0) is 18.3. The number of hydrogen-bond acceptors (Lipinski definition) is 2. The van der Waals surface area contributed by atoms with Crippen LogP contribution in [0.25, 0.3) is 32.7 Å². The predicted molar refractivity (Wildman–Crippen MR) is 101 cm³/mol. The van der Waals surface area contributed by atoms with E-state index in [-0.39, 0.29) is 11.1 Å². The second-order valence-corrected chi connectivity index (χ2v) is 6.03. The van der Waals surface area contributed by atoms with E-state index >= 15 is 0 Å². The summed E-state index contributed by atoms with van der Waals surface area (Å²) in [6.07, 6.45) is 0. The van der Waals surface area contributed by atoms with Crippen molar-refractivity contribution >= 4 is 33.5 Å². The molecule has 4 heteroatoms. The Morgan fingerprint density at radius 2 is 1.23 bits per heavy atom. The van der Waals surface area contributed by atoms with Crippen LogP contribution >= 0.6 is 0 Å². The van der Waals surface area contributed by atoms with Crippen LogP contribution in [0.2, 0.25) is 0 Å². The third-order valence-electron chi connectivity index (χ3n) is 4.48. The Morgan fingerprint density at radius 3 is 1.88 bits per heavy atom. The third-order valence-corrected chi connectivity index (χ3v) is 4.48. The lowest BCUT2D eigenvalue weighted by atomic mass is 10.1. The molecule has 0 spiro atoms. The van der Waals surface area contributed by atoms with Gasteiger partial charge in [-0.2, -0.15) is 0 Å². The molecule has 0 bridgehead atoms. The van der Waals surface area contributed by atoms with Crippen molar-refractivity contribution in [3.05, 3.63) is 83.9 Å². The maximum absolute atomic E-state index is 10.5. The van der Waals surface area contributed by atoms with Crippen LogP contribution in [0.4, 0.5) is 0 Å². The molecule has 1 aliphatic carbocycles. The summed E-state index contributed by atoms with van der Waals surface area (Å²) in [7, 11) is 0. The van der Waals surface area contributed by atoms with E-state index in [1.807, 2.05) is 0 Å². The molecule has 0 unspecified atom stereocenters. The molecule has 0 saturated heterocycles. The van der Waals surface area contributed by atoms with Gasteiger partial charge in [-0.25, -0.2) is 9.59 Å². The fraction of sp³-hybridized carbons (Fsp3) is 0. The van der Waals surface area contributed by atoms with Gasteiger partial charge in [0.25, 0.3) is 0 Å². The second kappa shape index (κ2) is 6.01. The van der Waals surface area contributed by atoms with Gasteiger partial charge in [-0.15, -0.1) is 0 Å². The number of carboxylic acids is 2. The summed E-state index contributed by atoms with van der Waals surface area (Å²) in [6, 6.07) is 22.9. The number of fused-ring (bicyclic) bond motifs is 3. The molecule has 126 valence electrons. The normalized spacial score (nSPS) is 10.9. The van der Waals surface area contributed by atoms with Gasteiger partial charge < -0.3 is 10.2 Å². The smallest absolute Gasteiger partial charge is 0.336 e. The molecule has 0 heterocycles. The minimum Gasteiger partial charge on any atom is -0.478 e. The molecule has 1 aliphatic rings. The molecule has 0 amide bonds. The van der Waals surface area contributed by atoms with Gasteiger partial charge in [0.15, 0.2) is 0 Å². The Labute approximate surface area is 148 Å². The Kier molecular flexibility index (Phi) is 3.66. The highest BCUT2D eigenvalue weighted by Crippen LogP contribution is 2.51. The van der Waals surface area contributed by atoms with Gasteiger partial charge in [0.2, 0.25) is 0 Å². The summed E-state index contributed by atoms with van der Waals surface area (Å²) in [5.74, 6) is -2.46. The molecule has 2 N–H and O–H groups in total. The zero-order valence-corrected chi connectivity index (χ0v) is 13.6. The summed E-state index contributed by atoms with van der Waals surface area (Å²) in [4.78, 5) is 20.9. The van der Waals surface area contributed by atoms with Gasteiger partial charge in [-0.05, 0) is 50.9 Å². The SMILES string of the molecule is O=C(O)c1ccccc1C(=O)O.c1ccc2c3c4c-3cccc4cc2c1. The van der Waals surface area contributed by atoms with E-state index in [0.717, 1.165) is 0 Å². The van der Waals surface area contributed by atoms with E-state index in [4.69, 9.17) is 10.2 Å². The summed E-state index contributed by atoms with van der Waals surface area (Å²) < 4.78 is 0. The zero-order valence-electron chi connectivity index (χ0n) is 13.6. The van der Waals surface area contributed by atoms with Crippen LogP contribution < -0.4 is 0 Å². The van der Waals surface area contributed by atoms with Gasteiger partial charge in [-0.3, -0.25) is 0 Å².